The zero-order valence-corrected chi connectivity index (χ0v) is 19.8. The van der Waals surface area contributed by atoms with Crippen molar-refractivity contribution in [2.45, 2.75) is 32.0 Å². The Morgan fingerprint density at radius 3 is 2.36 bits per heavy atom. The molecule has 2 aromatic carbocycles. The van der Waals surface area contributed by atoms with Crippen molar-refractivity contribution in [3.63, 3.8) is 0 Å². The lowest BCUT2D eigenvalue weighted by Gasteiger charge is -2.25. The van der Waals surface area contributed by atoms with E-state index in [2.05, 4.69) is 4.18 Å². The van der Waals surface area contributed by atoms with Crippen molar-refractivity contribution >= 4 is 27.1 Å². The Labute approximate surface area is 202 Å². The fourth-order valence-corrected chi connectivity index (χ4v) is 3.74. The number of fused-ring (bicyclic) bond motifs is 1. The average Bonchev–Trinajstić information content (AvgIpc) is 2.75. The van der Waals surface area contributed by atoms with Gasteiger partial charge in [0, 0.05) is 29.7 Å². The topological polar surface area (TPSA) is 227 Å². The van der Waals surface area contributed by atoms with E-state index in [9.17, 15) is 43.8 Å². The number of methoxy groups -OCH3 is 1. The zero-order chi connectivity index (χ0) is 27.2. The van der Waals surface area contributed by atoms with Crippen molar-refractivity contribution in [3.05, 3.63) is 50.2 Å². The Morgan fingerprint density at radius 1 is 1.19 bits per heavy atom. The SMILES string of the molecule is COc1ccc(-c2oc3c(CC(O)C(C)(C)O)c(OS(=O)(=O)O)cc(O)c3c(=O)c2O)cc1[N+](=O)[O-]. The number of nitrogens with zero attached hydrogens (tertiary/aromatic N) is 1. The van der Waals surface area contributed by atoms with E-state index < -0.39 is 84.1 Å². The van der Waals surface area contributed by atoms with Crippen LogP contribution in [0.5, 0.6) is 23.0 Å². The largest absolute Gasteiger partial charge is 0.507 e. The summed E-state index contributed by atoms with van der Waals surface area (Å²) in [5.41, 5.74) is -4.66. The smallest absolute Gasteiger partial charge is 0.446 e. The fourth-order valence-electron chi connectivity index (χ4n) is 3.36. The molecule has 1 atom stereocenters. The maximum Gasteiger partial charge on any atom is 0.446 e. The van der Waals surface area contributed by atoms with E-state index in [0.717, 1.165) is 6.07 Å². The minimum atomic E-state index is -5.17. The first-order valence-corrected chi connectivity index (χ1v) is 11.4. The van der Waals surface area contributed by atoms with Crippen LogP contribution in [-0.4, -0.2) is 57.1 Å². The summed E-state index contributed by atoms with van der Waals surface area (Å²) in [5, 5.41) is 52.2. The van der Waals surface area contributed by atoms with Crippen LogP contribution in [0.3, 0.4) is 0 Å². The van der Waals surface area contributed by atoms with Gasteiger partial charge in [0.2, 0.25) is 11.2 Å². The van der Waals surface area contributed by atoms with Crippen LogP contribution in [0, 0.1) is 10.1 Å². The summed E-state index contributed by atoms with van der Waals surface area (Å²) < 4.78 is 47.0. The van der Waals surface area contributed by atoms with Gasteiger partial charge in [0.1, 0.15) is 16.7 Å². The molecule has 3 rings (SSSR count). The molecule has 0 saturated carbocycles. The number of rotatable bonds is 8. The highest BCUT2D eigenvalue weighted by molar-refractivity contribution is 7.81. The molecule has 0 aliphatic carbocycles. The van der Waals surface area contributed by atoms with Gasteiger partial charge >= 0.3 is 16.1 Å². The Bertz CT molecular complexity index is 1520. The number of phenolic OH excluding ortho intramolecular Hbond substituents is 1. The molecule has 36 heavy (non-hydrogen) atoms. The monoisotopic (exact) mass is 527 g/mol. The first kappa shape index (κ1) is 26.7. The summed E-state index contributed by atoms with van der Waals surface area (Å²) in [6.45, 7) is 2.46. The van der Waals surface area contributed by atoms with Crippen LogP contribution in [0.25, 0.3) is 22.3 Å². The number of benzene rings is 2. The molecule has 14 nitrogen and oxygen atoms in total. The molecule has 5 N–H and O–H groups in total. The first-order valence-electron chi connectivity index (χ1n) is 10.00. The summed E-state index contributed by atoms with van der Waals surface area (Å²) in [6, 6.07) is 3.97. The lowest BCUT2D eigenvalue weighted by atomic mass is 9.93. The number of aliphatic hydroxyl groups is 2. The van der Waals surface area contributed by atoms with Crippen molar-refractivity contribution in [2.24, 2.45) is 0 Å². The summed E-state index contributed by atoms with van der Waals surface area (Å²) in [4.78, 5) is 23.6. The van der Waals surface area contributed by atoms with E-state index in [1.165, 1.54) is 33.1 Å². The van der Waals surface area contributed by atoms with Crippen LogP contribution in [0.4, 0.5) is 5.69 Å². The van der Waals surface area contributed by atoms with E-state index in [-0.39, 0.29) is 11.3 Å². The lowest BCUT2D eigenvalue weighted by molar-refractivity contribution is -0.385. The maximum atomic E-state index is 13.0. The quantitative estimate of drug-likeness (QED) is 0.160. The van der Waals surface area contributed by atoms with Gasteiger partial charge in [0.15, 0.2) is 17.3 Å². The molecule has 3 aromatic rings. The second-order valence-electron chi connectivity index (χ2n) is 8.21. The molecule has 0 aliphatic heterocycles. The van der Waals surface area contributed by atoms with Gasteiger partial charge in [-0.1, -0.05) is 0 Å². The van der Waals surface area contributed by atoms with Gasteiger partial charge < -0.3 is 33.8 Å². The number of ether oxygens (including phenoxy) is 1. The minimum Gasteiger partial charge on any atom is -0.507 e. The lowest BCUT2D eigenvalue weighted by Crippen LogP contribution is -2.37. The average molecular weight is 527 g/mol. The highest BCUT2D eigenvalue weighted by Crippen LogP contribution is 2.41. The third kappa shape index (κ3) is 5.18. The molecule has 0 radical (unpaired) electrons. The van der Waals surface area contributed by atoms with E-state index in [0.29, 0.717) is 6.07 Å². The molecular formula is C21H21NO13S. The van der Waals surface area contributed by atoms with Gasteiger partial charge in [0.25, 0.3) is 0 Å². The van der Waals surface area contributed by atoms with Crippen molar-refractivity contribution in [1.82, 2.24) is 0 Å². The summed E-state index contributed by atoms with van der Waals surface area (Å²) >= 11 is 0. The van der Waals surface area contributed by atoms with Gasteiger partial charge in [-0.15, -0.1) is 0 Å². The molecule has 1 heterocycles. The summed E-state index contributed by atoms with van der Waals surface area (Å²) in [5.74, 6) is -3.47. The van der Waals surface area contributed by atoms with Gasteiger partial charge in [-0.3, -0.25) is 19.5 Å². The van der Waals surface area contributed by atoms with Gasteiger partial charge in [0.05, 0.1) is 23.7 Å². The van der Waals surface area contributed by atoms with Crippen molar-refractivity contribution < 1.29 is 51.7 Å². The van der Waals surface area contributed by atoms with Crippen LogP contribution in [0.2, 0.25) is 0 Å². The maximum absolute atomic E-state index is 13.0. The summed E-state index contributed by atoms with van der Waals surface area (Å²) in [6.07, 6.45) is -2.24. The molecule has 15 heteroatoms. The van der Waals surface area contributed by atoms with E-state index in [1.807, 2.05) is 0 Å². The number of hydrogen-bond donors (Lipinski definition) is 5. The van der Waals surface area contributed by atoms with Crippen LogP contribution >= 0.6 is 0 Å². The minimum absolute atomic E-state index is 0.137. The predicted octanol–water partition coefficient (Wildman–Crippen LogP) is 1.64. The Balaban J connectivity index is 2.43. The molecule has 194 valence electrons. The van der Waals surface area contributed by atoms with Crippen LogP contribution < -0.4 is 14.3 Å². The molecule has 0 saturated heterocycles. The van der Waals surface area contributed by atoms with Crippen molar-refractivity contribution in [2.75, 3.05) is 7.11 Å². The van der Waals surface area contributed by atoms with Gasteiger partial charge in [-0.2, -0.15) is 8.42 Å². The molecule has 0 fully saturated rings. The molecule has 0 aliphatic rings. The Kier molecular flexibility index (Phi) is 6.87. The third-order valence-corrected chi connectivity index (χ3v) is 5.62. The second kappa shape index (κ2) is 9.27. The Hall–Kier alpha value is -3.92. The molecule has 1 aromatic heterocycles. The number of aromatic hydroxyl groups is 2. The fraction of sp³-hybridized carbons (Fsp3) is 0.286. The molecule has 0 spiro atoms. The Morgan fingerprint density at radius 2 is 1.83 bits per heavy atom. The summed E-state index contributed by atoms with van der Waals surface area (Å²) in [7, 11) is -3.98. The van der Waals surface area contributed by atoms with E-state index in [4.69, 9.17) is 13.7 Å². The number of nitro benzene ring substituents is 1. The normalized spacial score (nSPS) is 12.9. The molecular weight excluding hydrogens is 506 g/mol. The van der Waals surface area contributed by atoms with Crippen molar-refractivity contribution in [1.29, 1.82) is 0 Å². The number of hydrogen-bond acceptors (Lipinski definition) is 12. The molecule has 0 amide bonds. The molecule has 1 unspecified atom stereocenters. The van der Waals surface area contributed by atoms with Gasteiger partial charge in [-0.25, -0.2) is 0 Å². The highest BCUT2D eigenvalue weighted by Gasteiger charge is 2.31. The van der Waals surface area contributed by atoms with E-state index >= 15 is 0 Å². The van der Waals surface area contributed by atoms with E-state index in [1.54, 1.807) is 0 Å². The number of aliphatic hydroxyl groups excluding tert-OH is 1. The zero-order valence-electron chi connectivity index (χ0n) is 19.0. The van der Waals surface area contributed by atoms with Gasteiger partial charge in [-0.05, 0) is 26.0 Å². The number of nitro groups is 1. The standard InChI is InChI=1S/C21H21NO13S/c1-21(2,27)15(24)7-10-14(35-36(30,31)32)8-12(23)16-17(25)18(26)19(34-20(10)16)9-4-5-13(33-3)11(6-9)22(28)29/h4-6,8,15,23-24,26-27H,7H2,1-3H3,(H,30,31,32). The highest BCUT2D eigenvalue weighted by atomic mass is 32.3. The van der Waals surface area contributed by atoms with Crippen molar-refractivity contribution in [3.8, 4) is 34.3 Å². The number of phenols is 1. The molecule has 0 bridgehead atoms. The van der Waals surface area contributed by atoms with Crippen LogP contribution in [0.15, 0.2) is 33.5 Å². The first-order chi connectivity index (χ1) is 16.5. The third-order valence-electron chi connectivity index (χ3n) is 5.23. The van der Waals surface area contributed by atoms with Crippen LogP contribution in [-0.2, 0) is 16.8 Å². The second-order valence-corrected chi connectivity index (χ2v) is 9.24. The van der Waals surface area contributed by atoms with Crippen LogP contribution in [0.1, 0.15) is 19.4 Å². The predicted molar refractivity (Wildman–Crippen MR) is 123 cm³/mol.